The molecule has 0 radical (unpaired) electrons. The molecule has 1 aromatic carbocycles. The minimum absolute atomic E-state index is 0.0868. The summed E-state index contributed by atoms with van der Waals surface area (Å²) in [6.45, 7) is 1.76. The maximum Gasteiger partial charge on any atom is 0.305 e. The Hall–Kier alpha value is -2.70. The van der Waals surface area contributed by atoms with Gasteiger partial charge < -0.3 is 10.4 Å². The standard InChI is InChI=1S/C18H20FN3O3/c1-12-10-13(19)4-5-15(12)22-9-6-14(21-22)17(25)20-18(11-16(23)24)7-2-3-8-18/h4-6,9-10H,2-3,7-8,11H2,1H3,(H,20,25)(H,23,24). The SMILES string of the molecule is Cc1cc(F)ccc1-n1ccc(C(=O)NC2(CC(=O)O)CCCC2)n1. The summed E-state index contributed by atoms with van der Waals surface area (Å²) >= 11 is 0. The second kappa shape index (κ2) is 6.66. The molecule has 132 valence electrons. The lowest BCUT2D eigenvalue weighted by atomic mass is 9.93. The van der Waals surface area contributed by atoms with Crippen LogP contribution in [0.2, 0.25) is 0 Å². The van der Waals surface area contributed by atoms with Gasteiger partial charge in [-0.1, -0.05) is 12.8 Å². The maximum atomic E-state index is 13.2. The molecular formula is C18H20FN3O3. The Morgan fingerprint density at radius 1 is 1.32 bits per heavy atom. The lowest BCUT2D eigenvalue weighted by molar-refractivity contribution is -0.138. The van der Waals surface area contributed by atoms with Gasteiger partial charge in [0.2, 0.25) is 0 Å². The van der Waals surface area contributed by atoms with Gasteiger partial charge in [-0.25, -0.2) is 9.07 Å². The first kappa shape index (κ1) is 17.1. The van der Waals surface area contributed by atoms with Gasteiger partial charge in [-0.2, -0.15) is 5.10 Å². The van der Waals surface area contributed by atoms with E-state index in [4.69, 9.17) is 5.11 Å². The van der Waals surface area contributed by atoms with Crippen molar-refractivity contribution in [2.75, 3.05) is 0 Å². The van der Waals surface area contributed by atoms with Crippen molar-refractivity contribution in [2.45, 2.75) is 44.6 Å². The number of carbonyl (C=O) groups is 2. The number of rotatable bonds is 5. The maximum absolute atomic E-state index is 13.2. The predicted molar refractivity (Wildman–Crippen MR) is 89.2 cm³/mol. The first-order valence-electron chi connectivity index (χ1n) is 8.25. The molecule has 1 saturated carbocycles. The molecule has 1 heterocycles. The minimum Gasteiger partial charge on any atom is -0.481 e. The number of benzene rings is 1. The van der Waals surface area contributed by atoms with Crippen LogP contribution >= 0.6 is 0 Å². The predicted octanol–water partition coefficient (Wildman–Crippen LogP) is 2.84. The minimum atomic E-state index is -0.922. The monoisotopic (exact) mass is 345 g/mol. The van der Waals surface area contributed by atoms with Crippen molar-refractivity contribution < 1.29 is 19.1 Å². The fraction of sp³-hybridized carbons (Fsp3) is 0.389. The average Bonchev–Trinajstić information content (AvgIpc) is 3.16. The van der Waals surface area contributed by atoms with Crippen LogP contribution < -0.4 is 5.32 Å². The summed E-state index contributed by atoms with van der Waals surface area (Å²) < 4.78 is 14.7. The Morgan fingerprint density at radius 2 is 2.04 bits per heavy atom. The largest absolute Gasteiger partial charge is 0.481 e. The Morgan fingerprint density at radius 3 is 2.68 bits per heavy atom. The van der Waals surface area contributed by atoms with Crippen molar-refractivity contribution in [3.05, 3.63) is 47.5 Å². The second-order valence-corrected chi connectivity index (χ2v) is 6.59. The first-order chi connectivity index (χ1) is 11.9. The number of carboxylic acid groups (broad SMARTS) is 1. The number of amides is 1. The summed E-state index contributed by atoms with van der Waals surface area (Å²) in [5.41, 5.74) is 0.897. The lowest BCUT2D eigenvalue weighted by Crippen LogP contribution is -2.48. The van der Waals surface area contributed by atoms with Gasteiger partial charge in [-0.05, 0) is 49.6 Å². The van der Waals surface area contributed by atoms with E-state index in [0.29, 0.717) is 24.1 Å². The van der Waals surface area contributed by atoms with E-state index in [1.54, 1.807) is 25.3 Å². The summed E-state index contributed by atoms with van der Waals surface area (Å²) in [5.74, 6) is -1.64. The molecule has 25 heavy (non-hydrogen) atoms. The number of nitrogens with zero attached hydrogens (tertiary/aromatic N) is 2. The van der Waals surface area contributed by atoms with Gasteiger partial charge in [0, 0.05) is 6.20 Å². The van der Waals surface area contributed by atoms with Gasteiger partial charge in [0.05, 0.1) is 17.6 Å². The van der Waals surface area contributed by atoms with Gasteiger partial charge in [-0.15, -0.1) is 0 Å². The quantitative estimate of drug-likeness (QED) is 0.873. The van der Waals surface area contributed by atoms with Crippen molar-refractivity contribution in [3.8, 4) is 5.69 Å². The van der Waals surface area contributed by atoms with Crippen LogP contribution in [0.15, 0.2) is 30.5 Å². The number of carbonyl (C=O) groups excluding carboxylic acids is 1. The molecule has 1 aliphatic rings. The molecule has 1 amide bonds. The van der Waals surface area contributed by atoms with Crippen LogP contribution in [0.5, 0.6) is 0 Å². The smallest absolute Gasteiger partial charge is 0.305 e. The highest BCUT2D eigenvalue weighted by molar-refractivity contribution is 5.93. The fourth-order valence-electron chi connectivity index (χ4n) is 3.45. The number of hydrogen-bond donors (Lipinski definition) is 2. The van der Waals surface area contributed by atoms with Gasteiger partial charge in [0.1, 0.15) is 5.82 Å². The Balaban J connectivity index is 1.79. The number of aryl methyl sites for hydroxylation is 1. The van der Waals surface area contributed by atoms with Crippen LogP contribution in [0.4, 0.5) is 4.39 Å². The molecular weight excluding hydrogens is 325 g/mol. The third-order valence-corrected chi connectivity index (χ3v) is 4.66. The summed E-state index contributed by atoms with van der Waals surface area (Å²) in [6, 6.07) is 5.91. The zero-order valence-electron chi connectivity index (χ0n) is 14.0. The zero-order chi connectivity index (χ0) is 18.0. The normalized spacial score (nSPS) is 15.9. The fourth-order valence-corrected chi connectivity index (χ4v) is 3.45. The van der Waals surface area contributed by atoms with Crippen molar-refractivity contribution in [1.29, 1.82) is 0 Å². The number of carboxylic acids is 1. The lowest BCUT2D eigenvalue weighted by Gasteiger charge is -2.28. The number of nitrogens with one attached hydrogen (secondary N) is 1. The molecule has 0 atom stereocenters. The van der Waals surface area contributed by atoms with Crippen molar-refractivity contribution >= 4 is 11.9 Å². The van der Waals surface area contributed by atoms with Crippen molar-refractivity contribution in [2.24, 2.45) is 0 Å². The van der Waals surface area contributed by atoms with Crippen LogP contribution in [0.3, 0.4) is 0 Å². The Labute approximate surface area is 144 Å². The highest BCUT2D eigenvalue weighted by Crippen LogP contribution is 2.33. The molecule has 1 fully saturated rings. The van der Waals surface area contributed by atoms with E-state index in [0.717, 1.165) is 12.8 Å². The van der Waals surface area contributed by atoms with E-state index in [2.05, 4.69) is 10.4 Å². The molecule has 0 bridgehead atoms. The van der Waals surface area contributed by atoms with Crippen LogP contribution in [0, 0.1) is 12.7 Å². The molecule has 1 aliphatic carbocycles. The van der Waals surface area contributed by atoms with E-state index in [-0.39, 0.29) is 23.8 Å². The number of aliphatic carboxylic acids is 1. The van der Waals surface area contributed by atoms with Crippen LogP contribution in [-0.4, -0.2) is 32.3 Å². The zero-order valence-corrected chi connectivity index (χ0v) is 14.0. The molecule has 0 saturated heterocycles. The van der Waals surface area contributed by atoms with Crippen LogP contribution in [0.1, 0.15) is 48.2 Å². The number of aromatic nitrogens is 2. The molecule has 0 aliphatic heterocycles. The summed E-state index contributed by atoms with van der Waals surface area (Å²) in [4.78, 5) is 23.7. The topological polar surface area (TPSA) is 84.2 Å². The molecule has 0 spiro atoms. The summed E-state index contributed by atoms with van der Waals surface area (Å²) in [5, 5.41) is 16.3. The third-order valence-electron chi connectivity index (χ3n) is 4.66. The highest BCUT2D eigenvalue weighted by atomic mass is 19.1. The summed E-state index contributed by atoms with van der Waals surface area (Å²) in [6.07, 6.45) is 4.66. The average molecular weight is 345 g/mol. The number of halogens is 1. The summed E-state index contributed by atoms with van der Waals surface area (Å²) in [7, 11) is 0. The Bertz CT molecular complexity index is 810. The third kappa shape index (κ3) is 3.70. The second-order valence-electron chi connectivity index (χ2n) is 6.59. The van der Waals surface area contributed by atoms with Gasteiger partial charge >= 0.3 is 5.97 Å². The van der Waals surface area contributed by atoms with Gasteiger partial charge in [0.25, 0.3) is 5.91 Å². The van der Waals surface area contributed by atoms with Gasteiger partial charge in [0.15, 0.2) is 5.69 Å². The van der Waals surface area contributed by atoms with E-state index in [1.807, 2.05) is 0 Å². The van der Waals surface area contributed by atoms with E-state index >= 15 is 0 Å². The van der Waals surface area contributed by atoms with Crippen LogP contribution in [0.25, 0.3) is 5.69 Å². The Kier molecular flexibility index (Phi) is 4.57. The van der Waals surface area contributed by atoms with Crippen molar-refractivity contribution in [1.82, 2.24) is 15.1 Å². The van der Waals surface area contributed by atoms with E-state index < -0.39 is 11.5 Å². The number of hydrogen-bond acceptors (Lipinski definition) is 3. The van der Waals surface area contributed by atoms with E-state index in [1.165, 1.54) is 16.8 Å². The molecule has 2 N–H and O–H groups in total. The highest BCUT2D eigenvalue weighted by Gasteiger charge is 2.38. The molecule has 1 aromatic heterocycles. The molecule has 7 heteroatoms. The molecule has 3 rings (SSSR count). The van der Waals surface area contributed by atoms with E-state index in [9.17, 15) is 14.0 Å². The van der Waals surface area contributed by atoms with Crippen molar-refractivity contribution in [3.63, 3.8) is 0 Å². The van der Waals surface area contributed by atoms with Gasteiger partial charge in [-0.3, -0.25) is 9.59 Å². The molecule has 6 nitrogen and oxygen atoms in total. The molecule has 2 aromatic rings. The van der Waals surface area contributed by atoms with Crippen LogP contribution in [-0.2, 0) is 4.79 Å². The first-order valence-corrected chi connectivity index (χ1v) is 8.25. The molecule has 0 unspecified atom stereocenters.